The lowest BCUT2D eigenvalue weighted by Crippen LogP contribution is -2.62. The van der Waals surface area contributed by atoms with Crippen molar-refractivity contribution in [2.45, 2.75) is 36.8 Å². The molecule has 0 saturated carbocycles. The molecule has 31 heavy (non-hydrogen) atoms. The van der Waals surface area contributed by atoms with E-state index >= 15 is 0 Å². The van der Waals surface area contributed by atoms with Crippen molar-refractivity contribution < 1.29 is 18.6 Å². The maximum atomic E-state index is 14.0. The molecule has 0 radical (unpaired) electrons. The van der Waals surface area contributed by atoms with Gasteiger partial charge >= 0.3 is 0 Å². The van der Waals surface area contributed by atoms with E-state index in [1.165, 1.54) is 6.07 Å². The first kappa shape index (κ1) is 21.1. The molecule has 3 saturated heterocycles. The SMILES string of the molecule is COCCOc1ccc(F)cc1C1CCN([C@@H]2COC3(C2)CN(c2nncs2)C3)CC1. The molecule has 7 nitrogen and oxygen atoms in total. The summed E-state index contributed by atoms with van der Waals surface area (Å²) in [4.78, 5) is 4.81. The predicted octanol–water partition coefficient (Wildman–Crippen LogP) is 2.93. The average Bonchev–Trinajstić information content (AvgIpc) is 3.44. The lowest BCUT2D eigenvalue weighted by atomic mass is 9.86. The maximum Gasteiger partial charge on any atom is 0.208 e. The summed E-state index contributed by atoms with van der Waals surface area (Å²) in [7, 11) is 1.65. The molecule has 3 aliphatic heterocycles. The average molecular weight is 449 g/mol. The number of ether oxygens (including phenoxy) is 3. The Morgan fingerprint density at radius 2 is 2.10 bits per heavy atom. The largest absolute Gasteiger partial charge is 0.491 e. The lowest BCUT2D eigenvalue weighted by molar-refractivity contribution is -0.0195. The number of anilines is 1. The number of likely N-dealkylation sites (tertiary alicyclic amines) is 1. The Labute approximate surface area is 186 Å². The molecular formula is C22H29FN4O3S. The number of aromatic nitrogens is 2. The summed E-state index contributed by atoms with van der Waals surface area (Å²) in [6.07, 6.45) is 3.08. The number of benzene rings is 1. The first-order valence-corrected chi connectivity index (χ1v) is 11.8. The molecule has 2 aromatic rings. The monoisotopic (exact) mass is 448 g/mol. The molecule has 1 aromatic heterocycles. The third-order valence-electron chi connectivity index (χ3n) is 6.77. The molecule has 0 aliphatic carbocycles. The molecule has 4 heterocycles. The van der Waals surface area contributed by atoms with E-state index in [0.29, 0.717) is 25.2 Å². The lowest BCUT2D eigenvalue weighted by Gasteiger charge is -2.47. The summed E-state index contributed by atoms with van der Waals surface area (Å²) in [5, 5.41) is 9.08. The Morgan fingerprint density at radius 3 is 2.84 bits per heavy atom. The highest BCUT2D eigenvalue weighted by Gasteiger charge is 2.51. The molecule has 168 valence electrons. The number of piperidine rings is 1. The van der Waals surface area contributed by atoms with Gasteiger partial charge in [0.2, 0.25) is 5.13 Å². The quantitative estimate of drug-likeness (QED) is 0.604. The fraction of sp³-hybridized carbons (Fsp3) is 0.636. The van der Waals surface area contributed by atoms with Crippen molar-refractivity contribution in [2.75, 3.05) is 58.0 Å². The van der Waals surface area contributed by atoms with Crippen molar-refractivity contribution >= 4 is 16.5 Å². The van der Waals surface area contributed by atoms with E-state index in [9.17, 15) is 4.39 Å². The van der Waals surface area contributed by atoms with Crippen LogP contribution < -0.4 is 9.64 Å². The Kier molecular flexibility index (Phi) is 6.10. The molecule has 1 atom stereocenters. The smallest absolute Gasteiger partial charge is 0.208 e. The summed E-state index contributed by atoms with van der Waals surface area (Å²) < 4.78 is 31.2. The van der Waals surface area contributed by atoms with Gasteiger partial charge in [-0.25, -0.2) is 4.39 Å². The van der Waals surface area contributed by atoms with Gasteiger partial charge in [-0.3, -0.25) is 4.90 Å². The Hall–Kier alpha value is -1.81. The van der Waals surface area contributed by atoms with Crippen molar-refractivity contribution in [1.82, 2.24) is 15.1 Å². The highest BCUT2D eigenvalue weighted by atomic mass is 32.1. The van der Waals surface area contributed by atoms with E-state index in [1.54, 1.807) is 36.1 Å². The third kappa shape index (κ3) is 4.41. The Morgan fingerprint density at radius 1 is 1.26 bits per heavy atom. The summed E-state index contributed by atoms with van der Waals surface area (Å²) in [5.41, 5.74) is 2.73. The van der Waals surface area contributed by atoms with Crippen molar-refractivity contribution in [3.63, 3.8) is 0 Å². The molecule has 0 amide bonds. The van der Waals surface area contributed by atoms with Crippen molar-refractivity contribution in [3.8, 4) is 5.75 Å². The van der Waals surface area contributed by atoms with Gasteiger partial charge in [-0.2, -0.15) is 0 Å². The van der Waals surface area contributed by atoms with Crippen LogP contribution in [-0.2, 0) is 9.47 Å². The molecule has 0 bridgehead atoms. The Bertz CT molecular complexity index is 870. The molecule has 3 aliphatic rings. The number of hydrogen-bond donors (Lipinski definition) is 0. The van der Waals surface area contributed by atoms with Crippen LogP contribution in [0.4, 0.5) is 9.52 Å². The minimum atomic E-state index is -0.201. The Balaban J connectivity index is 1.15. The van der Waals surface area contributed by atoms with Crippen LogP contribution in [0.1, 0.15) is 30.7 Å². The molecule has 1 aromatic carbocycles. The molecule has 0 unspecified atom stereocenters. The summed E-state index contributed by atoms with van der Waals surface area (Å²) >= 11 is 1.58. The van der Waals surface area contributed by atoms with Crippen LogP contribution in [-0.4, -0.2) is 79.8 Å². The van der Waals surface area contributed by atoms with Crippen LogP contribution >= 0.6 is 11.3 Å². The van der Waals surface area contributed by atoms with Gasteiger partial charge in [-0.05, 0) is 56.5 Å². The van der Waals surface area contributed by atoms with Crippen LogP contribution in [0.5, 0.6) is 5.75 Å². The minimum absolute atomic E-state index is 0.0297. The molecule has 1 spiro atoms. The third-order valence-corrected chi connectivity index (χ3v) is 7.52. The van der Waals surface area contributed by atoms with Crippen molar-refractivity contribution in [2.24, 2.45) is 0 Å². The highest BCUT2D eigenvalue weighted by Crippen LogP contribution is 2.41. The summed E-state index contributed by atoms with van der Waals surface area (Å²) in [6, 6.07) is 5.33. The molecular weight excluding hydrogens is 419 g/mol. The van der Waals surface area contributed by atoms with E-state index in [4.69, 9.17) is 14.2 Å². The fourth-order valence-electron chi connectivity index (χ4n) is 5.15. The minimum Gasteiger partial charge on any atom is -0.491 e. The summed E-state index contributed by atoms with van der Waals surface area (Å²) in [5.74, 6) is 0.899. The fourth-order valence-corrected chi connectivity index (χ4v) is 5.71. The first-order chi connectivity index (χ1) is 15.2. The molecule has 0 N–H and O–H groups in total. The van der Waals surface area contributed by atoms with Crippen LogP contribution in [0.2, 0.25) is 0 Å². The number of hydrogen-bond acceptors (Lipinski definition) is 8. The van der Waals surface area contributed by atoms with Crippen LogP contribution in [0.3, 0.4) is 0 Å². The normalized spacial score (nSPS) is 23.9. The van der Waals surface area contributed by atoms with Gasteiger partial charge in [-0.15, -0.1) is 10.2 Å². The van der Waals surface area contributed by atoms with E-state index in [2.05, 4.69) is 20.0 Å². The van der Waals surface area contributed by atoms with E-state index in [0.717, 1.165) is 68.5 Å². The molecule has 5 rings (SSSR count). The topological polar surface area (TPSA) is 60.0 Å². The van der Waals surface area contributed by atoms with E-state index < -0.39 is 0 Å². The second-order valence-corrected chi connectivity index (χ2v) is 9.57. The van der Waals surface area contributed by atoms with Crippen LogP contribution in [0.25, 0.3) is 0 Å². The van der Waals surface area contributed by atoms with Crippen molar-refractivity contribution in [3.05, 3.63) is 35.1 Å². The van der Waals surface area contributed by atoms with Gasteiger partial charge in [0.15, 0.2) is 0 Å². The predicted molar refractivity (Wildman–Crippen MR) is 117 cm³/mol. The van der Waals surface area contributed by atoms with Gasteiger partial charge in [0.1, 0.15) is 29.3 Å². The highest BCUT2D eigenvalue weighted by molar-refractivity contribution is 7.13. The van der Waals surface area contributed by atoms with Gasteiger partial charge in [0, 0.05) is 18.7 Å². The van der Waals surface area contributed by atoms with Crippen molar-refractivity contribution in [1.29, 1.82) is 0 Å². The number of methoxy groups -OCH3 is 1. The summed E-state index contributed by atoms with van der Waals surface area (Å²) in [6.45, 7) is 5.60. The number of halogens is 1. The van der Waals surface area contributed by atoms with Gasteiger partial charge in [0.05, 0.1) is 26.3 Å². The van der Waals surface area contributed by atoms with E-state index in [-0.39, 0.29) is 11.4 Å². The standard InChI is InChI=1S/C22H29FN4O3S/c1-28-8-9-29-20-3-2-17(23)10-19(20)16-4-6-26(7-5-16)18-11-22(30-12-18)13-27(14-22)21-25-24-15-31-21/h2-3,10,15-16,18H,4-9,11-14H2,1H3/t18-/m0/s1. The van der Waals surface area contributed by atoms with Gasteiger partial charge < -0.3 is 19.1 Å². The molecule has 3 fully saturated rings. The zero-order valence-electron chi connectivity index (χ0n) is 17.8. The maximum absolute atomic E-state index is 14.0. The second-order valence-electron chi connectivity index (χ2n) is 8.76. The zero-order valence-corrected chi connectivity index (χ0v) is 18.7. The number of nitrogens with zero attached hydrogens (tertiary/aromatic N) is 4. The van der Waals surface area contributed by atoms with E-state index in [1.807, 2.05) is 0 Å². The van der Waals surface area contributed by atoms with Gasteiger partial charge in [-0.1, -0.05) is 11.3 Å². The van der Waals surface area contributed by atoms with Crippen LogP contribution in [0, 0.1) is 5.82 Å². The first-order valence-electron chi connectivity index (χ1n) is 11.0. The van der Waals surface area contributed by atoms with Gasteiger partial charge in [0.25, 0.3) is 0 Å². The molecule has 9 heteroatoms. The number of rotatable bonds is 7. The van der Waals surface area contributed by atoms with Crippen LogP contribution in [0.15, 0.2) is 23.7 Å². The zero-order chi connectivity index (χ0) is 21.3. The second kappa shape index (κ2) is 8.97.